The lowest BCUT2D eigenvalue weighted by atomic mass is 10.0. The van der Waals surface area contributed by atoms with Crippen LogP contribution in [-0.4, -0.2) is 55.2 Å². The molecule has 108 valence electrons. The Labute approximate surface area is 113 Å². The molecule has 0 radical (unpaired) electrons. The second-order valence-electron chi connectivity index (χ2n) is 4.69. The summed E-state index contributed by atoms with van der Waals surface area (Å²) >= 11 is 0. The number of ether oxygens (including phenoxy) is 1. The molecule has 8 N–H and O–H groups in total. The largest absolute Gasteiger partial charge is 0.394 e. The fourth-order valence-electron chi connectivity index (χ4n) is 2.44. The minimum atomic E-state index is -1.18. The van der Waals surface area contributed by atoms with Gasteiger partial charge >= 0.3 is 0 Å². The second kappa shape index (κ2) is 4.56. The molecule has 2 aromatic heterocycles. The van der Waals surface area contributed by atoms with E-state index in [0.717, 1.165) is 0 Å². The summed E-state index contributed by atoms with van der Waals surface area (Å²) < 4.78 is 5.46. The number of aliphatic hydroxyl groups excluding tert-OH is 3. The number of nitrogens with two attached hydrogens (primary N) is 2. The van der Waals surface area contributed by atoms with E-state index in [9.17, 15) is 10.2 Å². The number of aromatic amines is 1. The number of hydrogen-bond donors (Lipinski definition) is 6. The zero-order chi connectivity index (χ0) is 14.4. The van der Waals surface area contributed by atoms with Gasteiger partial charge in [0, 0.05) is 11.8 Å². The number of aromatic nitrogens is 3. The Balaban J connectivity index is 2.07. The van der Waals surface area contributed by atoms with Crippen LogP contribution in [0.5, 0.6) is 0 Å². The summed E-state index contributed by atoms with van der Waals surface area (Å²) in [4.78, 5) is 10.8. The van der Waals surface area contributed by atoms with Gasteiger partial charge in [0.25, 0.3) is 0 Å². The number of nitrogens with zero attached hydrogens (tertiary/aromatic N) is 2. The summed E-state index contributed by atoms with van der Waals surface area (Å²) in [6, 6.07) is 0. The van der Waals surface area contributed by atoms with Crippen LogP contribution < -0.4 is 11.5 Å². The Morgan fingerprint density at radius 2 is 2.00 bits per heavy atom. The molecule has 3 rings (SSSR count). The zero-order valence-corrected chi connectivity index (χ0v) is 10.4. The molecule has 0 amide bonds. The summed E-state index contributed by atoms with van der Waals surface area (Å²) in [6.07, 6.45) is -2.47. The van der Waals surface area contributed by atoms with Crippen molar-refractivity contribution in [1.82, 2.24) is 15.0 Å². The highest BCUT2D eigenvalue weighted by Gasteiger charge is 2.44. The van der Waals surface area contributed by atoms with Crippen LogP contribution in [0.3, 0.4) is 0 Å². The summed E-state index contributed by atoms with van der Waals surface area (Å²) in [7, 11) is 0. The van der Waals surface area contributed by atoms with Crippen LogP contribution in [0.2, 0.25) is 0 Å². The second-order valence-corrected chi connectivity index (χ2v) is 4.69. The topological polar surface area (TPSA) is 164 Å². The standard InChI is InChI=1S/C11H15N5O4/c12-10-6-5(15-11(13)16-10)3(1-14-6)9-8(19)7(18)4(2-17)20-9/h1,4,7-9,14,17-19H,2H2,(H4,12,13,15,16)/t4-,7-,8-,9+/m1/s1. The molecular weight excluding hydrogens is 266 g/mol. The van der Waals surface area contributed by atoms with Crippen molar-refractivity contribution in [3.8, 4) is 0 Å². The van der Waals surface area contributed by atoms with Crippen molar-refractivity contribution < 1.29 is 20.1 Å². The fraction of sp³-hybridized carbons (Fsp3) is 0.455. The lowest BCUT2D eigenvalue weighted by molar-refractivity contribution is -0.0224. The Hall–Kier alpha value is -1.94. The van der Waals surface area contributed by atoms with Gasteiger partial charge in [0.05, 0.1) is 6.61 Å². The van der Waals surface area contributed by atoms with Gasteiger partial charge in [-0.05, 0) is 0 Å². The number of rotatable bonds is 2. The predicted octanol–water partition coefficient (Wildman–Crippen LogP) is -1.72. The lowest BCUT2D eigenvalue weighted by Crippen LogP contribution is -2.32. The average molecular weight is 281 g/mol. The Kier molecular flexibility index (Phi) is 2.98. The van der Waals surface area contributed by atoms with Gasteiger partial charge in [0.2, 0.25) is 5.95 Å². The number of nitrogens with one attached hydrogen (secondary N) is 1. The average Bonchev–Trinajstić information content (AvgIpc) is 2.93. The lowest BCUT2D eigenvalue weighted by Gasteiger charge is -2.13. The monoisotopic (exact) mass is 281 g/mol. The molecule has 9 heteroatoms. The molecule has 1 aliphatic rings. The van der Waals surface area contributed by atoms with Crippen LogP contribution in [0, 0.1) is 0 Å². The van der Waals surface area contributed by atoms with Crippen molar-refractivity contribution >= 4 is 22.8 Å². The smallest absolute Gasteiger partial charge is 0.222 e. The third-order valence-electron chi connectivity index (χ3n) is 3.45. The summed E-state index contributed by atoms with van der Waals surface area (Å²) in [5.74, 6) is 0.188. The number of hydrogen-bond acceptors (Lipinski definition) is 8. The van der Waals surface area contributed by atoms with Gasteiger partial charge in [-0.3, -0.25) is 0 Å². The van der Waals surface area contributed by atoms with Gasteiger partial charge < -0.3 is 36.5 Å². The molecule has 20 heavy (non-hydrogen) atoms. The molecule has 0 spiro atoms. The Bertz CT molecular complexity index is 645. The van der Waals surface area contributed by atoms with Crippen molar-refractivity contribution in [2.45, 2.75) is 24.4 Å². The van der Waals surface area contributed by atoms with E-state index in [4.69, 9.17) is 21.3 Å². The normalized spacial score (nSPS) is 30.1. The highest BCUT2D eigenvalue weighted by Crippen LogP contribution is 2.37. The maximum absolute atomic E-state index is 10.0. The molecule has 1 fully saturated rings. The van der Waals surface area contributed by atoms with Gasteiger partial charge in [0.1, 0.15) is 35.4 Å². The van der Waals surface area contributed by atoms with Crippen LogP contribution in [0.25, 0.3) is 11.0 Å². The fourth-order valence-corrected chi connectivity index (χ4v) is 2.44. The first-order chi connectivity index (χ1) is 9.52. The van der Waals surface area contributed by atoms with Crippen molar-refractivity contribution in [2.24, 2.45) is 0 Å². The quantitative estimate of drug-likeness (QED) is 0.378. The molecule has 0 saturated carbocycles. The van der Waals surface area contributed by atoms with E-state index in [1.807, 2.05) is 0 Å². The molecule has 0 aliphatic carbocycles. The molecule has 1 aliphatic heterocycles. The molecule has 9 nitrogen and oxygen atoms in total. The van der Waals surface area contributed by atoms with Crippen LogP contribution in [-0.2, 0) is 4.74 Å². The van der Waals surface area contributed by atoms with Crippen LogP contribution >= 0.6 is 0 Å². The molecule has 0 unspecified atom stereocenters. The number of aliphatic hydroxyl groups is 3. The molecule has 1 saturated heterocycles. The number of anilines is 2. The minimum absolute atomic E-state index is 0.00240. The van der Waals surface area contributed by atoms with E-state index in [1.165, 1.54) is 0 Å². The number of fused-ring (bicyclic) bond motifs is 1. The third kappa shape index (κ3) is 1.79. The van der Waals surface area contributed by atoms with E-state index in [2.05, 4.69) is 15.0 Å². The maximum atomic E-state index is 10.0. The Morgan fingerprint density at radius 1 is 1.25 bits per heavy atom. The third-order valence-corrected chi connectivity index (χ3v) is 3.45. The van der Waals surface area contributed by atoms with Gasteiger partial charge in [-0.2, -0.15) is 4.98 Å². The highest BCUT2D eigenvalue weighted by molar-refractivity contribution is 5.88. The van der Waals surface area contributed by atoms with Gasteiger partial charge in [-0.15, -0.1) is 0 Å². The van der Waals surface area contributed by atoms with Crippen LogP contribution in [0.4, 0.5) is 11.8 Å². The highest BCUT2D eigenvalue weighted by atomic mass is 16.6. The maximum Gasteiger partial charge on any atom is 0.222 e. The minimum Gasteiger partial charge on any atom is -0.394 e. The van der Waals surface area contributed by atoms with Gasteiger partial charge in [-0.1, -0.05) is 0 Å². The van der Waals surface area contributed by atoms with E-state index < -0.39 is 31.0 Å². The van der Waals surface area contributed by atoms with Crippen molar-refractivity contribution in [1.29, 1.82) is 0 Å². The first kappa shape index (κ1) is 13.1. The van der Waals surface area contributed by atoms with Crippen molar-refractivity contribution in [2.75, 3.05) is 18.1 Å². The van der Waals surface area contributed by atoms with Gasteiger partial charge in [-0.25, -0.2) is 4.98 Å². The van der Waals surface area contributed by atoms with E-state index >= 15 is 0 Å². The van der Waals surface area contributed by atoms with Crippen LogP contribution in [0.1, 0.15) is 11.7 Å². The van der Waals surface area contributed by atoms with Crippen molar-refractivity contribution in [3.05, 3.63) is 11.8 Å². The number of nitrogen functional groups attached to an aromatic ring is 2. The van der Waals surface area contributed by atoms with E-state index in [0.29, 0.717) is 16.6 Å². The van der Waals surface area contributed by atoms with Crippen LogP contribution in [0.15, 0.2) is 6.20 Å². The summed E-state index contributed by atoms with van der Waals surface area (Å²) in [5, 5.41) is 28.9. The molecule has 2 aromatic rings. The van der Waals surface area contributed by atoms with E-state index in [-0.39, 0.29) is 11.8 Å². The molecule has 0 aromatic carbocycles. The Morgan fingerprint density at radius 3 is 2.65 bits per heavy atom. The molecule has 3 heterocycles. The molecule has 4 atom stereocenters. The predicted molar refractivity (Wildman–Crippen MR) is 69.4 cm³/mol. The SMILES string of the molecule is Nc1nc(N)c2[nH]cc([C@@H]3O[C@H](CO)[C@@H](O)[C@H]3O)c2n1. The number of H-pyrrole nitrogens is 1. The molecule has 0 bridgehead atoms. The summed E-state index contributed by atoms with van der Waals surface area (Å²) in [5.41, 5.74) is 12.7. The van der Waals surface area contributed by atoms with E-state index in [1.54, 1.807) is 6.20 Å². The van der Waals surface area contributed by atoms with Crippen molar-refractivity contribution in [3.63, 3.8) is 0 Å². The first-order valence-corrected chi connectivity index (χ1v) is 6.05. The first-order valence-electron chi connectivity index (χ1n) is 6.05. The zero-order valence-electron chi connectivity index (χ0n) is 10.4. The van der Waals surface area contributed by atoms with Gasteiger partial charge in [0.15, 0.2) is 5.82 Å². The summed E-state index contributed by atoms with van der Waals surface area (Å²) in [6.45, 7) is -0.393. The molecular formula is C11H15N5O4.